The Morgan fingerprint density at radius 3 is 2.42 bits per heavy atom. The minimum Gasteiger partial charge on any atom is -0.271 e. The minimum atomic E-state index is 0.0936. The number of hydrazine groups is 1. The Balaban J connectivity index is 2.27. The first-order valence-corrected chi connectivity index (χ1v) is 7.82. The molecule has 2 aromatic rings. The maximum Gasteiger partial charge on any atom is 0.0947 e. The van der Waals surface area contributed by atoms with Crippen molar-refractivity contribution < 1.29 is 0 Å². The number of thiazole rings is 1. The molecule has 0 aliphatic rings. The van der Waals surface area contributed by atoms with Crippen molar-refractivity contribution in [1.82, 2.24) is 10.4 Å². The Kier molecular flexibility index (Phi) is 4.73. The number of aryl methyl sites for hydroxylation is 3. The van der Waals surface area contributed by atoms with Crippen molar-refractivity contribution in [3.05, 3.63) is 49.4 Å². The molecule has 0 saturated heterocycles. The van der Waals surface area contributed by atoms with Crippen LogP contribution >= 0.6 is 27.3 Å². The number of halogens is 1. The predicted molar refractivity (Wildman–Crippen MR) is 84.2 cm³/mol. The smallest absolute Gasteiger partial charge is 0.0947 e. The molecule has 0 aliphatic carbocycles. The highest BCUT2D eigenvalue weighted by Gasteiger charge is 2.14. The molecule has 1 heterocycles. The average molecular weight is 340 g/mol. The normalized spacial score (nSPS) is 12.7. The van der Waals surface area contributed by atoms with E-state index in [1.54, 1.807) is 11.3 Å². The summed E-state index contributed by atoms with van der Waals surface area (Å²) in [5, 5.41) is 3.18. The van der Waals surface area contributed by atoms with Gasteiger partial charge >= 0.3 is 0 Å². The van der Waals surface area contributed by atoms with Crippen LogP contribution in [0.3, 0.4) is 0 Å². The quantitative estimate of drug-likeness (QED) is 0.661. The number of benzene rings is 1. The lowest BCUT2D eigenvalue weighted by Gasteiger charge is -2.17. The van der Waals surface area contributed by atoms with E-state index in [0.29, 0.717) is 0 Å². The van der Waals surface area contributed by atoms with Crippen molar-refractivity contribution >= 4 is 27.3 Å². The lowest BCUT2D eigenvalue weighted by atomic mass is 10.00. The molecular weight excluding hydrogens is 322 g/mol. The summed E-state index contributed by atoms with van der Waals surface area (Å²) in [5.41, 5.74) is 7.63. The summed E-state index contributed by atoms with van der Waals surface area (Å²) in [6.45, 7) is 6.21. The second-order valence-corrected chi connectivity index (χ2v) is 6.51. The van der Waals surface area contributed by atoms with Gasteiger partial charge in [0.25, 0.3) is 0 Å². The van der Waals surface area contributed by atoms with E-state index < -0.39 is 0 Å². The molecule has 5 heteroatoms. The van der Waals surface area contributed by atoms with Crippen LogP contribution in [0, 0.1) is 20.8 Å². The SMILES string of the molecule is Cc1csc(CC(NN)c2cc(C)c(Br)c(C)c2)n1. The monoisotopic (exact) mass is 339 g/mol. The summed E-state index contributed by atoms with van der Waals surface area (Å²) in [5.74, 6) is 5.71. The fraction of sp³-hybridized carbons (Fsp3) is 0.357. The van der Waals surface area contributed by atoms with Crippen LogP contribution in [0.25, 0.3) is 0 Å². The predicted octanol–water partition coefficient (Wildman–Crippen LogP) is 3.58. The molecule has 0 amide bonds. The number of hydrogen-bond acceptors (Lipinski definition) is 4. The second-order valence-electron chi connectivity index (χ2n) is 4.77. The summed E-state index contributed by atoms with van der Waals surface area (Å²) in [4.78, 5) is 4.50. The van der Waals surface area contributed by atoms with E-state index >= 15 is 0 Å². The van der Waals surface area contributed by atoms with Gasteiger partial charge in [-0.1, -0.05) is 28.1 Å². The number of nitrogens with one attached hydrogen (secondary N) is 1. The first-order chi connectivity index (χ1) is 9.01. The van der Waals surface area contributed by atoms with E-state index in [1.165, 1.54) is 16.7 Å². The lowest BCUT2D eigenvalue weighted by Crippen LogP contribution is -2.29. The van der Waals surface area contributed by atoms with Crippen LogP contribution in [0.1, 0.15) is 33.4 Å². The van der Waals surface area contributed by atoms with Crippen LogP contribution in [0.15, 0.2) is 22.0 Å². The fourth-order valence-electron chi connectivity index (χ4n) is 2.12. The van der Waals surface area contributed by atoms with Crippen LogP contribution in [0.5, 0.6) is 0 Å². The van der Waals surface area contributed by atoms with Crippen molar-refractivity contribution in [3.63, 3.8) is 0 Å². The molecule has 1 unspecified atom stereocenters. The van der Waals surface area contributed by atoms with Crippen molar-refractivity contribution in [2.24, 2.45) is 5.84 Å². The highest BCUT2D eigenvalue weighted by Crippen LogP contribution is 2.27. The number of nitrogens with zero attached hydrogens (tertiary/aromatic N) is 1. The second kappa shape index (κ2) is 6.13. The third-order valence-electron chi connectivity index (χ3n) is 3.11. The largest absolute Gasteiger partial charge is 0.271 e. The Bertz CT molecular complexity index is 557. The number of nitrogens with two attached hydrogens (primary N) is 1. The van der Waals surface area contributed by atoms with E-state index in [9.17, 15) is 0 Å². The summed E-state index contributed by atoms with van der Waals surface area (Å²) in [6.07, 6.45) is 0.815. The molecule has 1 atom stereocenters. The van der Waals surface area contributed by atoms with Gasteiger partial charge in [-0.2, -0.15) is 0 Å². The number of rotatable bonds is 4. The molecule has 0 spiro atoms. The Morgan fingerprint density at radius 2 is 1.95 bits per heavy atom. The Morgan fingerprint density at radius 1 is 1.32 bits per heavy atom. The van der Waals surface area contributed by atoms with Gasteiger partial charge in [0.05, 0.1) is 11.0 Å². The zero-order chi connectivity index (χ0) is 14.0. The Labute approximate surface area is 126 Å². The highest BCUT2D eigenvalue weighted by molar-refractivity contribution is 9.10. The highest BCUT2D eigenvalue weighted by atomic mass is 79.9. The molecule has 0 fully saturated rings. The van der Waals surface area contributed by atoms with E-state index in [-0.39, 0.29) is 6.04 Å². The van der Waals surface area contributed by atoms with Gasteiger partial charge in [0.1, 0.15) is 0 Å². The molecule has 1 aromatic heterocycles. The molecule has 19 heavy (non-hydrogen) atoms. The van der Waals surface area contributed by atoms with Crippen LogP contribution < -0.4 is 11.3 Å². The summed E-state index contributed by atoms with van der Waals surface area (Å²) < 4.78 is 1.16. The third-order valence-corrected chi connectivity index (χ3v) is 5.35. The number of aromatic nitrogens is 1. The van der Waals surface area contributed by atoms with Crippen LogP contribution in [-0.4, -0.2) is 4.98 Å². The van der Waals surface area contributed by atoms with Gasteiger partial charge in [-0.15, -0.1) is 11.3 Å². The van der Waals surface area contributed by atoms with Gasteiger partial charge in [0.15, 0.2) is 0 Å². The molecule has 2 rings (SSSR count). The maximum absolute atomic E-state index is 5.71. The first kappa shape index (κ1) is 14.7. The van der Waals surface area contributed by atoms with Crippen molar-refractivity contribution in [1.29, 1.82) is 0 Å². The third kappa shape index (κ3) is 3.42. The summed E-state index contributed by atoms with van der Waals surface area (Å²) in [6, 6.07) is 4.43. The van der Waals surface area contributed by atoms with Gasteiger partial charge in [-0.25, -0.2) is 4.98 Å². The van der Waals surface area contributed by atoms with Gasteiger partial charge in [-0.05, 0) is 37.5 Å². The van der Waals surface area contributed by atoms with Gasteiger partial charge < -0.3 is 0 Å². The fourth-order valence-corrected chi connectivity index (χ4v) is 3.17. The number of hydrogen-bond donors (Lipinski definition) is 2. The minimum absolute atomic E-state index is 0.0936. The molecule has 0 bridgehead atoms. The molecule has 0 radical (unpaired) electrons. The van der Waals surface area contributed by atoms with Crippen molar-refractivity contribution in [2.75, 3.05) is 0 Å². The molecule has 102 valence electrons. The van der Waals surface area contributed by atoms with E-state index in [4.69, 9.17) is 5.84 Å². The van der Waals surface area contributed by atoms with Crippen molar-refractivity contribution in [3.8, 4) is 0 Å². The van der Waals surface area contributed by atoms with Crippen LogP contribution in [-0.2, 0) is 6.42 Å². The van der Waals surface area contributed by atoms with Gasteiger partial charge in [0, 0.05) is 22.0 Å². The summed E-state index contributed by atoms with van der Waals surface area (Å²) in [7, 11) is 0. The Hall–Kier alpha value is -0.750. The van der Waals surface area contributed by atoms with Crippen molar-refractivity contribution in [2.45, 2.75) is 33.2 Å². The first-order valence-electron chi connectivity index (χ1n) is 6.15. The van der Waals surface area contributed by atoms with E-state index in [1.807, 2.05) is 6.92 Å². The topological polar surface area (TPSA) is 50.9 Å². The lowest BCUT2D eigenvalue weighted by molar-refractivity contribution is 0.549. The van der Waals surface area contributed by atoms with E-state index in [0.717, 1.165) is 21.6 Å². The van der Waals surface area contributed by atoms with Crippen LogP contribution in [0.4, 0.5) is 0 Å². The van der Waals surface area contributed by atoms with Gasteiger partial charge in [0.2, 0.25) is 0 Å². The maximum atomic E-state index is 5.71. The van der Waals surface area contributed by atoms with Gasteiger partial charge in [-0.3, -0.25) is 11.3 Å². The standard InChI is InChI=1S/C14H18BrN3S/c1-8-4-11(5-9(2)14(8)15)12(18-16)6-13-17-10(3)7-19-13/h4-5,7,12,18H,6,16H2,1-3H3. The molecule has 0 aliphatic heterocycles. The molecule has 3 nitrogen and oxygen atoms in total. The van der Waals surface area contributed by atoms with Crippen LogP contribution in [0.2, 0.25) is 0 Å². The zero-order valence-electron chi connectivity index (χ0n) is 11.3. The molecule has 0 saturated carbocycles. The zero-order valence-corrected chi connectivity index (χ0v) is 13.7. The average Bonchev–Trinajstić information content (AvgIpc) is 2.78. The van der Waals surface area contributed by atoms with E-state index in [2.05, 4.69) is 57.7 Å². The summed E-state index contributed by atoms with van der Waals surface area (Å²) >= 11 is 5.28. The molecular formula is C14H18BrN3S. The molecule has 1 aromatic carbocycles. The molecule has 3 N–H and O–H groups in total.